The number of benzene rings is 5. The van der Waals surface area contributed by atoms with Crippen LogP contribution in [0, 0.1) is 23.7 Å². The summed E-state index contributed by atoms with van der Waals surface area (Å²) in [5.41, 5.74) is 18.3. The second-order valence-corrected chi connectivity index (χ2v) is 27.7. The van der Waals surface area contributed by atoms with Gasteiger partial charge in [-0.1, -0.05) is 113 Å². The molecular weight excluding hydrogens is 1190 g/mol. The Bertz CT molecular complexity index is 4230. The van der Waals surface area contributed by atoms with Crippen LogP contribution in [0.2, 0.25) is 0 Å². The van der Waals surface area contributed by atoms with E-state index in [4.69, 9.17) is 4.74 Å². The Morgan fingerprint density at radius 1 is 0.458 bits per heavy atom. The molecule has 15 heteroatoms. The Balaban J connectivity index is 0.000000117. The van der Waals surface area contributed by atoms with Crippen molar-refractivity contribution in [2.24, 2.45) is 51.9 Å². The van der Waals surface area contributed by atoms with Gasteiger partial charge in [0.25, 0.3) is 5.91 Å². The number of anilines is 6. The van der Waals surface area contributed by atoms with Crippen molar-refractivity contribution in [2.75, 3.05) is 31.5 Å². The van der Waals surface area contributed by atoms with Gasteiger partial charge in [-0.2, -0.15) is 5.10 Å². The van der Waals surface area contributed by atoms with Gasteiger partial charge in [-0.05, 0) is 170 Å². The molecule has 5 aromatic carbocycles. The molecule has 3 fully saturated rings. The van der Waals surface area contributed by atoms with Gasteiger partial charge in [0.2, 0.25) is 17.7 Å². The van der Waals surface area contributed by atoms with E-state index in [1.165, 1.54) is 95.4 Å². The number of aromatic nitrogens is 5. The highest BCUT2D eigenvalue weighted by Crippen LogP contribution is 2.41. The molecule has 0 atom stereocenters. The van der Waals surface area contributed by atoms with E-state index in [1.807, 2.05) is 83.7 Å². The van der Waals surface area contributed by atoms with Gasteiger partial charge in [0, 0.05) is 129 Å². The summed E-state index contributed by atoms with van der Waals surface area (Å²) in [6.45, 7) is 7.80. The maximum atomic E-state index is 13.4. The zero-order valence-corrected chi connectivity index (χ0v) is 57.0. The van der Waals surface area contributed by atoms with E-state index in [0.29, 0.717) is 56.1 Å². The number of hydrogen-bond donors (Lipinski definition) is 1. The zero-order valence-electron chi connectivity index (χ0n) is 57.0. The lowest BCUT2D eigenvalue weighted by Gasteiger charge is -2.31. The van der Waals surface area contributed by atoms with E-state index < -0.39 is 0 Å². The van der Waals surface area contributed by atoms with Gasteiger partial charge in [-0.15, -0.1) is 0 Å². The fourth-order valence-corrected chi connectivity index (χ4v) is 15.0. The SMILES string of the molecule is CC1CCC(C(=O)N2Cc3ccn(C)c3Cc3ccccc32)CC1.CCCCCCOc1ccc(C(=O)N2Cc3cnn(C)c3Nc3ccccc32)cc1.Cn1ccc2c1Cc1ccccc1N(C(=O)C1CC1)C2.Cn1ccc2c1Cc1ccccc1N(C(=O)C1CCCC1)C2. The summed E-state index contributed by atoms with van der Waals surface area (Å²) in [6.07, 6.45) is 26.6. The number of ether oxygens (including phenoxy) is 1. The predicted octanol–water partition coefficient (Wildman–Crippen LogP) is 16.1. The average molecular weight is 1290 g/mol. The smallest absolute Gasteiger partial charge is 0.258 e. The summed E-state index contributed by atoms with van der Waals surface area (Å²) in [6, 6.07) is 46.9. The Hall–Kier alpha value is -9.37. The highest BCUT2D eigenvalue weighted by Gasteiger charge is 2.37. The van der Waals surface area contributed by atoms with Gasteiger partial charge >= 0.3 is 0 Å². The largest absolute Gasteiger partial charge is 0.494 e. The molecule has 16 rings (SSSR count). The van der Waals surface area contributed by atoms with Crippen LogP contribution < -0.4 is 29.7 Å². The van der Waals surface area contributed by atoms with Gasteiger partial charge in [0.1, 0.15) is 11.6 Å². The van der Waals surface area contributed by atoms with Crippen molar-refractivity contribution >= 4 is 57.9 Å². The standard InChI is InChI=1S/C24H28N4O2.C21H26N2O.C19H22N2O.C17H18N2O/c1-3-4-5-8-15-30-20-13-11-18(12-14-20)24(29)28-17-19-16-25-27(2)23(19)26-21-9-6-7-10-22(21)28;1-15-7-9-16(10-8-15)21(24)23-14-18-11-12-22(2)20(18)13-17-5-3-4-6-19(17)23;1-20-11-10-16-13-21(19(22)14-6-2-3-7-14)17-9-5-4-8-15(17)12-18(16)20;1-18-9-8-14-11-19(17(20)12-6-7-12)15-5-3-2-4-13(15)10-16(14)18/h6-7,9-14,16,26H,3-5,8,15,17H2,1-2H3;3-6,11-12,15-16H,7-10,13-14H2,1-2H3;4-5,8-11,14H,2-3,6-7,12-13H2,1H3;2-5,8-9,12H,6-7,10-11H2,1H3. The van der Waals surface area contributed by atoms with Gasteiger partial charge in [0.15, 0.2) is 0 Å². The van der Waals surface area contributed by atoms with Crippen LogP contribution in [0.1, 0.15) is 170 Å². The lowest BCUT2D eigenvalue weighted by atomic mass is 9.82. The highest BCUT2D eigenvalue weighted by atomic mass is 16.5. The number of rotatable bonds is 10. The molecule has 3 aliphatic carbocycles. The van der Waals surface area contributed by atoms with Crippen LogP contribution in [-0.2, 0) is 88.0 Å². The molecule has 0 radical (unpaired) electrons. The number of fused-ring (bicyclic) bond motifs is 8. The molecule has 3 saturated carbocycles. The van der Waals surface area contributed by atoms with Crippen LogP contribution in [-0.4, -0.2) is 53.7 Å². The molecule has 0 unspecified atom stereocenters. The number of unbranched alkanes of at least 4 members (excludes halogenated alkanes) is 3. The summed E-state index contributed by atoms with van der Waals surface area (Å²) in [5.74, 6) is 4.05. The van der Waals surface area contributed by atoms with Crippen LogP contribution in [0.4, 0.5) is 34.3 Å². The molecule has 7 aliphatic rings. The first-order valence-electron chi connectivity index (χ1n) is 35.3. The van der Waals surface area contributed by atoms with Crippen molar-refractivity contribution in [1.29, 1.82) is 0 Å². The monoisotopic (exact) mass is 1290 g/mol. The molecule has 15 nitrogen and oxygen atoms in total. The van der Waals surface area contributed by atoms with E-state index in [-0.39, 0.29) is 23.7 Å². The van der Waals surface area contributed by atoms with Crippen LogP contribution >= 0.6 is 0 Å². The van der Waals surface area contributed by atoms with Crippen molar-refractivity contribution in [3.05, 3.63) is 226 Å². The van der Waals surface area contributed by atoms with E-state index >= 15 is 0 Å². The second-order valence-electron chi connectivity index (χ2n) is 27.7. The summed E-state index contributed by atoms with van der Waals surface area (Å²) >= 11 is 0. The third kappa shape index (κ3) is 14.3. The van der Waals surface area contributed by atoms with E-state index in [2.05, 4.69) is 161 Å². The third-order valence-electron chi connectivity index (χ3n) is 21.0. The van der Waals surface area contributed by atoms with Crippen LogP contribution in [0.15, 0.2) is 164 Å². The van der Waals surface area contributed by atoms with Crippen LogP contribution in [0.5, 0.6) is 5.75 Å². The van der Waals surface area contributed by atoms with E-state index in [9.17, 15) is 19.2 Å². The number of para-hydroxylation sites is 5. The minimum atomic E-state index is -0.0459. The Morgan fingerprint density at radius 2 is 0.885 bits per heavy atom. The quantitative estimate of drug-likeness (QED) is 0.135. The Morgan fingerprint density at radius 3 is 1.35 bits per heavy atom. The highest BCUT2D eigenvalue weighted by molar-refractivity contribution is 6.08. The van der Waals surface area contributed by atoms with Crippen molar-refractivity contribution < 1.29 is 23.9 Å². The molecule has 0 saturated heterocycles. The molecule has 96 heavy (non-hydrogen) atoms. The first-order chi connectivity index (χ1) is 46.8. The van der Waals surface area contributed by atoms with Crippen molar-refractivity contribution in [2.45, 2.75) is 149 Å². The molecule has 9 aromatic rings. The van der Waals surface area contributed by atoms with Crippen LogP contribution in [0.3, 0.4) is 0 Å². The van der Waals surface area contributed by atoms with Crippen molar-refractivity contribution in [3.63, 3.8) is 0 Å². The molecule has 8 heterocycles. The minimum absolute atomic E-state index is 0.0459. The number of nitrogens with one attached hydrogen (secondary N) is 1. The molecule has 4 amide bonds. The predicted molar refractivity (Wildman–Crippen MR) is 383 cm³/mol. The molecule has 0 spiro atoms. The lowest BCUT2D eigenvalue weighted by molar-refractivity contribution is -0.124. The van der Waals surface area contributed by atoms with Gasteiger partial charge < -0.3 is 43.4 Å². The minimum Gasteiger partial charge on any atom is -0.494 e. The summed E-state index contributed by atoms with van der Waals surface area (Å²) < 4.78 is 14.2. The molecule has 4 aromatic heterocycles. The van der Waals surface area contributed by atoms with Gasteiger partial charge in [0.05, 0.1) is 50.4 Å². The van der Waals surface area contributed by atoms with E-state index in [0.717, 1.165) is 116 Å². The number of carbonyl (C=O) groups is 4. The summed E-state index contributed by atoms with van der Waals surface area (Å²) in [7, 11) is 8.17. The fraction of sp³-hybridized carbons (Fsp3) is 0.395. The van der Waals surface area contributed by atoms with Gasteiger partial charge in [-0.25, -0.2) is 0 Å². The number of nitrogens with zero attached hydrogens (tertiary/aromatic N) is 9. The number of hydrogen-bond acceptors (Lipinski definition) is 7. The first kappa shape index (κ1) is 65.3. The maximum absolute atomic E-state index is 13.4. The normalized spacial score (nSPS) is 17.5. The topological polar surface area (TPSA) is 135 Å². The molecule has 0 bridgehead atoms. The Kier molecular flexibility index (Phi) is 19.9. The number of amides is 4. The Labute approximate surface area is 566 Å². The average Bonchev–Trinajstić information content (AvgIpc) is 1.70. The molecule has 4 aliphatic heterocycles. The first-order valence-corrected chi connectivity index (χ1v) is 35.3. The van der Waals surface area contributed by atoms with Gasteiger partial charge in [-0.3, -0.25) is 23.9 Å². The van der Waals surface area contributed by atoms with Crippen molar-refractivity contribution in [3.8, 4) is 5.75 Å². The summed E-state index contributed by atoms with van der Waals surface area (Å²) in [4.78, 5) is 60.3. The molecule has 498 valence electrons. The maximum Gasteiger partial charge on any atom is 0.258 e. The van der Waals surface area contributed by atoms with E-state index in [1.54, 1.807) is 9.58 Å². The van der Waals surface area contributed by atoms with Crippen molar-refractivity contribution in [1.82, 2.24) is 23.5 Å². The number of carbonyl (C=O) groups excluding carboxylic acids is 4. The molecular formula is C81H94N10O5. The number of aryl methyl sites for hydroxylation is 4. The lowest BCUT2D eigenvalue weighted by Crippen LogP contribution is -2.37. The van der Waals surface area contributed by atoms with Crippen LogP contribution in [0.25, 0.3) is 0 Å². The summed E-state index contributed by atoms with van der Waals surface area (Å²) in [5, 5.41) is 7.76. The third-order valence-corrected chi connectivity index (χ3v) is 21.0. The molecule has 1 N–H and O–H groups in total. The zero-order chi connectivity index (χ0) is 66.4. The second kappa shape index (κ2) is 29.3. The fourth-order valence-electron chi connectivity index (χ4n) is 15.0.